The Morgan fingerprint density at radius 3 is 2.57 bits per heavy atom. The monoisotopic (exact) mass is 307 g/mol. The molecule has 3 aromatic rings. The number of aromatic nitrogens is 2. The molecule has 0 aliphatic carbocycles. The maximum atomic E-state index is 6.18. The Hall–Kier alpha value is -2.46. The van der Waals surface area contributed by atoms with Crippen molar-refractivity contribution >= 4 is 0 Å². The Morgan fingerprint density at radius 1 is 1.04 bits per heavy atom. The summed E-state index contributed by atoms with van der Waals surface area (Å²) in [4.78, 5) is 4.46. The first-order chi connectivity index (χ1) is 11.2. The lowest BCUT2D eigenvalue weighted by Gasteiger charge is -2.06. The largest absolute Gasteiger partial charge is 0.338 e. The van der Waals surface area contributed by atoms with E-state index in [1.54, 1.807) is 0 Å². The summed E-state index contributed by atoms with van der Waals surface area (Å²) in [5.74, 6) is 1.20. The Balaban J connectivity index is 1.61. The van der Waals surface area contributed by atoms with Crippen LogP contribution < -0.4 is 5.73 Å². The molecule has 118 valence electrons. The molecule has 0 bridgehead atoms. The summed E-state index contributed by atoms with van der Waals surface area (Å²) in [5.41, 5.74) is 9.88. The number of hydrogen-bond acceptors (Lipinski definition) is 4. The first-order valence-electron chi connectivity index (χ1n) is 7.89. The van der Waals surface area contributed by atoms with E-state index in [4.69, 9.17) is 10.3 Å². The molecular weight excluding hydrogens is 286 g/mol. The lowest BCUT2D eigenvalue weighted by molar-refractivity contribution is 0.345. The molecule has 0 saturated heterocycles. The molecule has 3 rings (SSSR count). The number of rotatable bonds is 6. The molecule has 2 aromatic carbocycles. The Labute approximate surface area is 136 Å². The van der Waals surface area contributed by atoms with E-state index in [9.17, 15) is 0 Å². The van der Waals surface area contributed by atoms with Crippen LogP contribution in [0.3, 0.4) is 0 Å². The third-order valence-corrected chi connectivity index (χ3v) is 4.00. The molecular formula is C19H21N3O. The number of benzene rings is 2. The van der Waals surface area contributed by atoms with Gasteiger partial charge < -0.3 is 10.3 Å². The third-order valence-electron chi connectivity index (χ3n) is 4.00. The molecule has 0 aliphatic rings. The highest BCUT2D eigenvalue weighted by Gasteiger charge is 2.15. The molecule has 0 unspecified atom stereocenters. The van der Waals surface area contributed by atoms with Crippen molar-refractivity contribution in [3.63, 3.8) is 0 Å². The molecule has 0 saturated carbocycles. The predicted octanol–water partition coefficient (Wildman–Crippen LogP) is 3.60. The van der Waals surface area contributed by atoms with Crippen molar-refractivity contribution in [2.24, 2.45) is 5.73 Å². The predicted molar refractivity (Wildman–Crippen MR) is 90.0 cm³/mol. The van der Waals surface area contributed by atoms with Crippen LogP contribution in [-0.4, -0.2) is 10.1 Å². The van der Waals surface area contributed by atoms with Crippen LogP contribution in [0, 0.1) is 6.92 Å². The van der Waals surface area contributed by atoms with Gasteiger partial charge in [-0.3, -0.25) is 0 Å². The van der Waals surface area contributed by atoms with Gasteiger partial charge >= 0.3 is 0 Å². The van der Waals surface area contributed by atoms with Gasteiger partial charge in [0.15, 0.2) is 5.82 Å². The lowest BCUT2D eigenvalue weighted by atomic mass is 10.1. The highest BCUT2D eigenvalue weighted by Crippen LogP contribution is 2.17. The third kappa shape index (κ3) is 4.05. The van der Waals surface area contributed by atoms with Crippen molar-refractivity contribution in [2.45, 2.75) is 32.2 Å². The maximum Gasteiger partial charge on any atom is 0.243 e. The summed E-state index contributed by atoms with van der Waals surface area (Å²) in [6.45, 7) is 2.09. The van der Waals surface area contributed by atoms with Crippen LogP contribution in [0.1, 0.15) is 40.9 Å². The van der Waals surface area contributed by atoms with Crippen molar-refractivity contribution in [2.75, 3.05) is 0 Å². The second-order valence-electron chi connectivity index (χ2n) is 5.78. The van der Waals surface area contributed by atoms with Crippen molar-refractivity contribution in [1.82, 2.24) is 10.1 Å². The SMILES string of the molecule is Cc1ccccc1Cc1noc([C@H](N)CCc2ccccc2)n1. The summed E-state index contributed by atoms with van der Waals surface area (Å²) >= 11 is 0. The Kier molecular flexibility index (Phi) is 4.83. The van der Waals surface area contributed by atoms with E-state index in [0.29, 0.717) is 18.1 Å². The maximum absolute atomic E-state index is 6.18. The van der Waals surface area contributed by atoms with E-state index >= 15 is 0 Å². The summed E-state index contributed by atoms with van der Waals surface area (Å²) in [7, 11) is 0. The first-order valence-corrected chi connectivity index (χ1v) is 7.89. The molecule has 0 aliphatic heterocycles. The van der Waals surface area contributed by atoms with E-state index in [2.05, 4.69) is 41.3 Å². The van der Waals surface area contributed by atoms with Gasteiger partial charge in [0.25, 0.3) is 0 Å². The van der Waals surface area contributed by atoms with Crippen LogP contribution in [-0.2, 0) is 12.8 Å². The molecule has 1 heterocycles. The minimum Gasteiger partial charge on any atom is -0.338 e. The van der Waals surface area contributed by atoms with Gasteiger partial charge in [-0.1, -0.05) is 59.8 Å². The van der Waals surface area contributed by atoms with Gasteiger partial charge in [-0.25, -0.2) is 0 Å². The fraction of sp³-hybridized carbons (Fsp3) is 0.263. The molecule has 2 N–H and O–H groups in total. The summed E-state index contributed by atoms with van der Waals surface area (Å²) < 4.78 is 5.34. The standard InChI is InChI=1S/C19H21N3O/c1-14-7-5-6-10-16(14)13-18-21-19(23-22-18)17(20)12-11-15-8-3-2-4-9-15/h2-10,17H,11-13,20H2,1H3/t17-/m1/s1. The molecule has 0 amide bonds. The fourth-order valence-corrected chi connectivity index (χ4v) is 2.56. The van der Waals surface area contributed by atoms with Gasteiger partial charge in [0, 0.05) is 6.42 Å². The van der Waals surface area contributed by atoms with E-state index < -0.39 is 0 Å². The lowest BCUT2D eigenvalue weighted by Crippen LogP contribution is -2.12. The minimum absolute atomic E-state index is 0.228. The fourth-order valence-electron chi connectivity index (χ4n) is 2.56. The van der Waals surface area contributed by atoms with Gasteiger partial charge in [-0.05, 0) is 36.5 Å². The van der Waals surface area contributed by atoms with E-state index in [1.165, 1.54) is 16.7 Å². The van der Waals surface area contributed by atoms with Crippen LogP contribution in [0.5, 0.6) is 0 Å². The molecule has 0 spiro atoms. The number of nitrogens with zero attached hydrogens (tertiary/aromatic N) is 2. The van der Waals surface area contributed by atoms with Crippen LogP contribution in [0.25, 0.3) is 0 Å². The van der Waals surface area contributed by atoms with E-state index in [0.717, 1.165) is 12.8 Å². The van der Waals surface area contributed by atoms with E-state index in [-0.39, 0.29) is 6.04 Å². The zero-order valence-electron chi connectivity index (χ0n) is 13.3. The van der Waals surface area contributed by atoms with Gasteiger partial charge in [0.05, 0.1) is 6.04 Å². The average molecular weight is 307 g/mol. The molecule has 4 heteroatoms. The van der Waals surface area contributed by atoms with Crippen LogP contribution in [0.15, 0.2) is 59.1 Å². The van der Waals surface area contributed by atoms with Gasteiger partial charge in [-0.15, -0.1) is 0 Å². The van der Waals surface area contributed by atoms with Gasteiger partial charge in [0.2, 0.25) is 5.89 Å². The number of nitrogens with two attached hydrogens (primary N) is 1. The minimum atomic E-state index is -0.228. The highest BCUT2D eigenvalue weighted by molar-refractivity contribution is 5.28. The Bertz CT molecular complexity index is 752. The van der Waals surface area contributed by atoms with Gasteiger partial charge in [0.1, 0.15) is 0 Å². The zero-order chi connectivity index (χ0) is 16.1. The van der Waals surface area contributed by atoms with E-state index in [1.807, 2.05) is 30.3 Å². The number of aryl methyl sites for hydroxylation is 2. The summed E-state index contributed by atoms with van der Waals surface area (Å²) in [6, 6.07) is 18.3. The molecule has 23 heavy (non-hydrogen) atoms. The van der Waals surface area contributed by atoms with Crippen LogP contribution >= 0.6 is 0 Å². The van der Waals surface area contributed by atoms with Gasteiger partial charge in [-0.2, -0.15) is 4.98 Å². The first kappa shape index (κ1) is 15.4. The normalized spacial score (nSPS) is 12.3. The smallest absolute Gasteiger partial charge is 0.243 e. The summed E-state index contributed by atoms with van der Waals surface area (Å²) in [6.07, 6.45) is 2.36. The van der Waals surface area contributed by atoms with Crippen molar-refractivity contribution < 1.29 is 4.52 Å². The van der Waals surface area contributed by atoms with Crippen molar-refractivity contribution in [3.05, 3.63) is 83.0 Å². The zero-order valence-corrected chi connectivity index (χ0v) is 13.3. The average Bonchev–Trinajstić information content (AvgIpc) is 3.04. The Morgan fingerprint density at radius 2 is 1.78 bits per heavy atom. The molecule has 1 aromatic heterocycles. The quantitative estimate of drug-likeness (QED) is 0.755. The molecule has 4 nitrogen and oxygen atoms in total. The molecule has 0 radical (unpaired) electrons. The molecule has 0 fully saturated rings. The highest BCUT2D eigenvalue weighted by atomic mass is 16.5. The second-order valence-corrected chi connectivity index (χ2v) is 5.78. The topological polar surface area (TPSA) is 64.9 Å². The second kappa shape index (κ2) is 7.20. The van der Waals surface area contributed by atoms with Crippen LogP contribution in [0.2, 0.25) is 0 Å². The molecule has 1 atom stereocenters. The summed E-state index contributed by atoms with van der Waals surface area (Å²) in [5, 5.41) is 4.06. The van der Waals surface area contributed by atoms with Crippen LogP contribution in [0.4, 0.5) is 0 Å². The van der Waals surface area contributed by atoms with Crippen molar-refractivity contribution in [3.8, 4) is 0 Å². The number of hydrogen-bond donors (Lipinski definition) is 1. The van der Waals surface area contributed by atoms with Crippen molar-refractivity contribution in [1.29, 1.82) is 0 Å².